The number of aryl methyl sites for hydroxylation is 1. The number of sulfonamides is 1. The zero-order chi connectivity index (χ0) is 13.2. The third kappa shape index (κ3) is 3.06. The Balaban J connectivity index is 2.20. The minimum absolute atomic E-state index is 0.0956. The summed E-state index contributed by atoms with van der Waals surface area (Å²) in [5, 5.41) is 9.09. The number of hydrogen-bond acceptors (Lipinski definition) is 5. The van der Waals surface area contributed by atoms with Crippen molar-refractivity contribution in [1.82, 2.24) is 4.98 Å². The quantitative estimate of drug-likeness (QED) is 0.894. The Kier molecular flexibility index (Phi) is 3.65. The molecule has 0 atom stereocenters. The molecule has 2 aromatic rings. The molecule has 0 aliphatic heterocycles. The Hall–Kier alpha value is -1.44. The zero-order valence-corrected chi connectivity index (χ0v) is 11.4. The number of anilines is 1. The molecule has 0 saturated carbocycles. The number of primary sulfonamides is 1. The van der Waals surface area contributed by atoms with Crippen molar-refractivity contribution < 1.29 is 8.42 Å². The maximum absolute atomic E-state index is 11.4. The summed E-state index contributed by atoms with van der Waals surface area (Å²) in [6.07, 6.45) is 1.78. The molecule has 1 aromatic heterocycles. The van der Waals surface area contributed by atoms with E-state index in [1.165, 1.54) is 6.07 Å². The molecule has 1 aromatic carbocycles. The van der Waals surface area contributed by atoms with Crippen LogP contribution < -0.4 is 10.5 Å². The Morgan fingerprint density at radius 1 is 1.39 bits per heavy atom. The minimum atomic E-state index is -3.71. The first-order valence-electron chi connectivity index (χ1n) is 5.24. The summed E-state index contributed by atoms with van der Waals surface area (Å²) in [4.78, 5) is 5.41. The van der Waals surface area contributed by atoms with Gasteiger partial charge in [0.1, 0.15) is 9.90 Å². The average molecular weight is 283 g/mol. The predicted molar refractivity (Wildman–Crippen MR) is 72.0 cm³/mol. The fourth-order valence-corrected chi connectivity index (χ4v) is 2.96. The van der Waals surface area contributed by atoms with Gasteiger partial charge in [0.15, 0.2) is 0 Å². The van der Waals surface area contributed by atoms with Gasteiger partial charge < -0.3 is 5.32 Å². The number of benzene rings is 1. The summed E-state index contributed by atoms with van der Waals surface area (Å²) in [7, 11) is -3.71. The van der Waals surface area contributed by atoms with Crippen molar-refractivity contribution in [3.05, 3.63) is 40.3 Å². The van der Waals surface area contributed by atoms with Gasteiger partial charge in [-0.2, -0.15) is 0 Å². The maximum Gasteiger partial charge on any atom is 0.240 e. The fraction of sp³-hybridized carbons (Fsp3) is 0.182. The summed E-state index contributed by atoms with van der Waals surface area (Å²) in [6.45, 7) is 2.45. The molecule has 0 aliphatic carbocycles. The largest absolute Gasteiger partial charge is 0.377 e. The predicted octanol–water partition coefficient (Wildman–Crippen LogP) is 1.71. The molecule has 3 N–H and O–H groups in total. The average Bonchev–Trinajstić information content (AvgIpc) is 2.72. The molecule has 96 valence electrons. The van der Waals surface area contributed by atoms with E-state index in [0.29, 0.717) is 12.2 Å². The normalized spacial score (nSPS) is 11.4. The van der Waals surface area contributed by atoms with Gasteiger partial charge in [-0.15, -0.1) is 11.3 Å². The van der Waals surface area contributed by atoms with E-state index in [4.69, 9.17) is 5.14 Å². The van der Waals surface area contributed by atoms with Crippen molar-refractivity contribution in [2.75, 3.05) is 5.32 Å². The number of para-hydroxylation sites is 1. The number of hydrogen-bond donors (Lipinski definition) is 2. The van der Waals surface area contributed by atoms with Crippen LogP contribution >= 0.6 is 11.3 Å². The van der Waals surface area contributed by atoms with Crippen LogP contribution in [0.25, 0.3) is 0 Å². The lowest BCUT2D eigenvalue weighted by molar-refractivity contribution is 0.598. The molecule has 0 spiro atoms. The van der Waals surface area contributed by atoms with Gasteiger partial charge in [0.05, 0.1) is 12.2 Å². The molecule has 7 heteroatoms. The van der Waals surface area contributed by atoms with Gasteiger partial charge in [-0.1, -0.05) is 12.1 Å². The summed E-state index contributed by atoms with van der Waals surface area (Å²) < 4.78 is 22.8. The van der Waals surface area contributed by atoms with E-state index in [-0.39, 0.29) is 4.90 Å². The molecule has 18 heavy (non-hydrogen) atoms. The number of nitrogens with two attached hydrogens (primary N) is 1. The highest BCUT2D eigenvalue weighted by Crippen LogP contribution is 2.21. The Morgan fingerprint density at radius 2 is 2.11 bits per heavy atom. The van der Waals surface area contributed by atoms with E-state index in [0.717, 1.165) is 9.88 Å². The van der Waals surface area contributed by atoms with Crippen molar-refractivity contribution in [2.45, 2.75) is 18.4 Å². The van der Waals surface area contributed by atoms with E-state index in [1.54, 1.807) is 35.7 Å². The first-order chi connectivity index (χ1) is 8.47. The van der Waals surface area contributed by atoms with Gasteiger partial charge in [0.2, 0.25) is 10.0 Å². The van der Waals surface area contributed by atoms with Gasteiger partial charge in [-0.25, -0.2) is 18.5 Å². The van der Waals surface area contributed by atoms with Crippen LogP contribution in [0.2, 0.25) is 0 Å². The van der Waals surface area contributed by atoms with Gasteiger partial charge in [0.25, 0.3) is 0 Å². The van der Waals surface area contributed by atoms with Gasteiger partial charge >= 0.3 is 0 Å². The fourth-order valence-electron chi connectivity index (χ4n) is 1.51. The smallest absolute Gasteiger partial charge is 0.240 e. The number of rotatable bonds is 4. The highest BCUT2D eigenvalue weighted by molar-refractivity contribution is 7.89. The molecule has 0 radical (unpaired) electrons. The first kappa shape index (κ1) is 13.0. The lowest BCUT2D eigenvalue weighted by Gasteiger charge is -2.08. The minimum Gasteiger partial charge on any atom is -0.377 e. The lowest BCUT2D eigenvalue weighted by atomic mass is 10.3. The summed E-state index contributed by atoms with van der Waals surface area (Å²) in [5.41, 5.74) is 0.493. The molecule has 0 aliphatic rings. The molecule has 2 rings (SSSR count). The van der Waals surface area contributed by atoms with Crippen molar-refractivity contribution in [1.29, 1.82) is 0 Å². The van der Waals surface area contributed by atoms with E-state index < -0.39 is 10.0 Å². The molecule has 0 bridgehead atoms. The molecule has 0 saturated heterocycles. The van der Waals surface area contributed by atoms with Crippen LogP contribution in [-0.2, 0) is 16.6 Å². The number of nitrogens with zero attached hydrogens (tertiary/aromatic N) is 1. The van der Waals surface area contributed by atoms with Crippen LogP contribution in [0.3, 0.4) is 0 Å². The SMILES string of the molecule is Cc1cnc(CNc2ccccc2S(N)(=O)=O)s1. The molecule has 1 heterocycles. The van der Waals surface area contributed by atoms with Crippen LogP contribution in [0.15, 0.2) is 35.4 Å². The first-order valence-corrected chi connectivity index (χ1v) is 7.60. The van der Waals surface area contributed by atoms with E-state index in [2.05, 4.69) is 10.3 Å². The van der Waals surface area contributed by atoms with Crippen LogP contribution in [0.5, 0.6) is 0 Å². The number of nitrogens with one attached hydrogen (secondary N) is 1. The van der Waals surface area contributed by atoms with E-state index in [9.17, 15) is 8.42 Å². The highest BCUT2D eigenvalue weighted by atomic mass is 32.2. The van der Waals surface area contributed by atoms with Gasteiger partial charge in [0, 0.05) is 11.1 Å². The van der Waals surface area contributed by atoms with Crippen molar-refractivity contribution >= 4 is 27.0 Å². The summed E-state index contributed by atoms with van der Waals surface area (Å²) >= 11 is 1.57. The maximum atomic E-state index is 11.4. The molecule has 5 nitrogen and oxygen atoms in total. The molecular formula is C11H13N3O2S2. The molecule has 0 unspecified atom stereocenters. The molecule has 0 fully saturated rings. The second-order valence-electron chi connectivity index (χ2n) is 3.76. The van der Waals surface area contributed by atoms with Crippen LogP contribution in [0.4, 0.5) is 5.69 Å². The highest BCUT2D eigenvalue weighted by Gasteiger charge is 2.12. The van der Waals surface area contributed by atoms with Crippen LogP contribution in [-0.4, -0.2) is 13.4 Å². The second kappa shape index (κ2) is 5.05. The van der Waals surface area contributed by atoms with Crippen LogP contribution in [0.1, 0.15) is 9.88 Å². The standard InChI is InChI=1S/C11H13N3O2S2/c1-8-6-14-11(17-8)7-13-9-4-2-3-5-10(9)18(12,15)16/h2-6,13H,7H2,1H3,(H2,12,15,16). The van der Waals surface area contributed by atoms with Gasteiger partial charge in [-0.3, -0.25) is 0 Å². The monoisotopic (exact) mass is 283 g/mol. The zero-order valence-electron chi connectivity index (χ0n) is 9.75. The summed E-state index contributed by atoms with van der Waals surface area (Å²) in [5.74, 6) is 0. The van der Waals surface area contributed by atoms with E-state index in [1.807, 2.05) is 6.92 Å². The van der Waals surface area contributed by atoms with E-state index >= 15 is 0 Å². The molecule has 0 amide bonds. The Morgan fingerprint density at radius 3 is 2.72 bits per heavy atom. The second-order valence-corrected chi connectivity index (χ2v) is 6.61. The number of thiazole rings is 1. The third-order valence-electron chi connectivity index (χ3n) is 2.29. The van der Waals surface area contributed by atoms with Gasteiger partial charge in [-0.05, 0) is 19.1 Å². The summed E-state index contributed by atoms with van der Waals surface area (Å²) in [6, 6.07) is 6.55. The topological polar surface area (TPSA) is 85.1 Å². The van der Waals surface area contributed by atoms with Crippen molar-refractivity contribution in [2.24, 2.45) is 5.14 Å². The van der Waals surface area contributed by atoms with Crippen molar-refractivity contribution in [3.8, 4) is 0 Å². The van der Waals surface area contributed by atoms with Crippen molar-refractivity contribution in [3.63, 3.8) is 0 Å². The van der Waals surface area contributed by atoms with Crippen LogP contribution in [0, 0.1) is 6.92 Å². The Bertz CT molecular complexity index is 650. The lowest BCUT2D eigenvalue weighted by Crippen LogP contribution is -2.14. The molecular weight excluding hydrogens is 270 g/mol. The Labute approximate surface area is 110 Å². The third-order valence-corrected chi connectivity index (χ3v) is 4.17. The number of aromatic nitrogens is 1.